The van der Waals surface area contributed by atoms with Crippen LogP contribution in [-0.4, -0.2) is 76.3 Å². The molecule has 2 fully saturated rings. The van der Waals surface area contributed by atoms with Crippen LogP contribution in [-0.2, 0) is 16.1 Å². The predicted octanol–water partition coefficient (Wildman–Crippen LogP) is 2.30. The number of piperidine rings is 1. The van der Waals surface area contributed by atoms with Crippen LogP contribution < -0.4 is 10.1 Å². The first-order chi connectivity index (χ1) is 17.6. The third kappa shape index (κ3) is 5.32. The largest absolute Gasteiger partial charge is 0.477 e. The van der Waals surface area contributed by atoms with Gasteiger partial charge in [-0.2, -0.15) is 5.26 Å². The number of nitriles is 1. The highest BCUT2D eigenvalue weighted by Crippen LogP contribution is 2.29. The Morgan fingerprint density at radius 3 is 2.83 bits per heavy atom. The zero-order valence-corrected chi connectivity index (χ0v) is 20.6. The molecule has 3 aromatic heterocycles. The molecule has 188 valence electrons. The van der Waals surface area contributed by atoms with Crippen LogP contribution in [0.1, 0.15) is 30.7 Å². The van der Waals surface area contributed by atoms with Crippen molar-refractivity contribution in [3.8, 4) is 23.2 Å². The molecule has 5 rings (SSSR count). The van der Waals surface area contributed by atoms with E-state index in [4.69, 9.17) is 9.47 Å². The smallest absolute Gasteiger partial charge is 0.242 e. The molecular formula is C26H31N7O3. The number of hydrogen-bond donors (Lipinski definition) is 1. The first-order valence-electron chi connectivity index (χ1n) is 12.6. The van der Waals surface area contributed by atoms with Gasteiger partial charge in [-0.25, -0.2) is 15.0 Å². The lowest BCUT2D eigenvalue weighted by molar-refractivity contribution is -0.135. The summed E-state index contributed by atoms with van der Waals surface area (Å²) in [6.45, 7) is 7.18. The van der Waals surface area contributed by atoms with Crippen LogP contribution in [0.3, 0.4) is 0 Å². The minimum atomic E-state index is -0.00188. The van der Waals surface area contributed by atoms with Crippen molar-refractivity contribution in [3.05, 3.63) is 35.9 Å². The molecule has 10 heteroatoms. The zero-order valence-electron chi connectivity index (χ0n) is 20.6. The maximum absolute atomic E-state index is 12.8. The first-order valence-corrected chi connectivity index (χ1v) is 12.6. The van der Waals surface area contributed by atoms with Gasteiger partial charge >= 0.3 is 0 Å². The van der Waals surface area contributed by atoms with E-state index in [1.54, 1.807) is 15.7 Å². The second-order valence-electron chi connectivity index (χ2n) is 9.36. The fourth-order valence-corrected chi connectivity index (χ4v) is 4.86. The SMILES string of the molecule is Cc1cc(-c2nc(C#N)nc3c2ccn3CC(=O)N2CCOCC2)cnc1OCCC1CCNCC1. The number of carbonyl (C=O) groups excluding carboxylic acids is 1. The number of carbonyl (C=O) groups is 1. The molecule has 2 aliphatic rings. The predicted molar refractivity (Wildman–Crippen MR) is 133 cm³/mol. The molecule has 2 aliphatic heterocycles. The molecule has 0 atom stereocenters. The molecule has 36 heavy (non-hydrogen) atoms. The summed E-state index contributed by atoms with van der Waals surface area (Å²) in [5.41, 5.74) is 2.86. The molecule has 0 aromatic carbocycles. The number of pyridine rings is 1. The molecule has 3 aromatic rings. The van der Waals surface area contributed by atoms with Gasteiger partial charge in [-0.3, -0.25) is 4.79 Å². The fraction of sp³-hybridized carbons (Fsp3) is 0.500. The summed E-state index contributed by atoms with van der Waals surface area (Å²) in [7, 11) is 0. The van der Waals surface area contributed by atoms with Crippen LogP contribution in [0.15, 0.2) is 24.5 Å². The van der Waals surface area contributed by atoms with Gasteiger partial charge in [0.25, 0.3) is 0 Å². The number of nitrogens with one attached hydrogen (secondary N) is 1. The summed E-state index contributed by atoms with van der Waals surface area (Å²) in [4.78, 5) is 28.0. The van der Waals surface area contributed by atoms with Gasteiger partial charge in [0.15, 0.2) is 0 Å². The standard InChI is InChI=1S/C26H31N7O3/c1-18-14-20(16-29-26(18)36-11-5-19-2-6-28-7-3-19)24-21-4-8-33(25(21)31-22(15-27)30-24)17-23(34)32-9-12-35-13-10-32/h4,8,14,16,19,28H,2-3,5-7,9-13,17H2,1H3. The van der Waals surface area contributed by atoms with Gasteiger partial charge in [-0.1, -0.05) is 0 Å². The summed E-state index contributed by atoms with van der Waals surface area (Å²) in [6, 6.07) is 5.92. The van der Waals surface area contributed by atoms with Crippen LogP contribution in [0.5, 0.6) is 5.88 Å². The van der Waals surface area contributed by atoms with Gasteiger partial charge in [0.2, 0.25) is 17.6 Å². The highest BCUT2D eigenvalue weighted by Gasteiger charge is 2.20. The highest BCUT2D eigenvalue weighted by atomic mass is 16.5. The lowest BCUT2D eigenvalue weighted by Gasteiger charge is -2.27. The number of fused-ring (bicyclic) bond motifs is 1. The molecule has 1 amide bonds. The van der Waals surface area contributed by atoms with Gasteiger partial charge in [0.05, 0.1) is 25.5 Å². The number of rotatable bonds is 7. The fourth-order valence-electron chi connectivity index (χ4n) is 4.86. The molecule has 10 nitrogen and oxygen atoms in total. The summed E-state index contributed by atoms with van der Waals surface area (Å²) in [6.07, 6.45) is 6.96. The van der Waals surface area contributed by atoms with E-state index in [0.29, 0.717) is 56.0 Å². The Bertz CT molecular complexity index is 1270. The van der Waals surface area contributed by atoms with Crippen LogP contribution >= 0.6 is 0 Å². The number of amides is 1. The summed E-state index contributed by atoms with van der Waals surface area (Å²) in [5, 5.41) is 13.7. The van der Waals surface area contributed by atoms with E-state index in [0.717, 1.165) is 36.0 Å². The molecule has 5 heterocycles. The lowest BCUT2D eigenvalue weighted by atomic mass is 9.95. The van der Waals surface area contributed by atoms with Gasteiger partial charge in [0.1, 0.15) is 18.3 Å². The molecule has 0 radical (unpaired) electrons. The molecule has 1 N–H and O–H groups in total. The number of morpholine rings is 1. The van der Waals surface area contributed by atoms with Crippen molar-refractivity contribution in [2.75, 3.05) is 46.0 Å². The normalized spacial score (nSPS) is 16.7. The third-order valence-electron chi connectivity index (χ3n) is 6.92. The Morgan fingerprint density at radius 2 is 2.08 bits per heavy atom. The van der Waals surface area contributed by atoms with Crippen molar-refractivity contribution < 1.29 is 14.3 Å². The van der Waals surface area contributed by atoms with Gasteiger partial charge in [-0.05, 0) is 57.3 Å². The third-order valence-corrected chi connectivity index (χ3v) is 6.92. The average molecular weight is 490 g/mol. The van der Waals surface area contributed by atoms with Crippen LogP contribution in [0.2, 0.25) is 0 Å². The molecular weight excluding hydrogens is 458 g/mol. The lowest BCUT2D eigenvalue weighted by Crippen LogP contribution is -2.42. The zero-order chi connectivity index (χ0) is 24.9. The van der Waals surface area contributed by atoms with Gasteiger partial charge in [-0.15, -0.1) is 0 Å². The van der Waals surface area contributed by atoms with Crippen molar-refractivity contribution in [2.45, 2.75) is 32.7 Å². The van der Waals surface area contributed by atoms with Crippen molar-refractivity contribution in [1.29, 1.82) is 5.26 Å². The number of hydrogen-bond acceptors (Lipinski definition) is 8. The summed E-state index contributed by atoms with van der Waals surface area (Å²) >= 11 is 0. The van der Waals surface area contributed by atoms with Crippen molar-refractivity contribution in [3.63, 3.8) is 0 Å². The summed E-state index contributed by atoms with van der Waals surface area (Å²) in [5.74, 6) is 1.37. The maximum Gasteiger partial charge on any atom is 0.242 e. The minimum absolute atomic E-state index is 0.00188. The van der Waals surface area contributed by atoms with Crippen LogP contribution in [0.25, 0.3) is 22.3 Å². The molecule has 0 bridgehead atoms. The Kier molecular flexibility index (Phi) is 7.39. The number of aryl methyl sites for hydroxylation is 1. The number of aromatic nitrogens is 4. The number of ether oxygens (including phenoxy) is 2. The van der Waals surface area contributed by atoms with E-state index < -0.39 is 0 Å². The minimum Gasteiger partial charge on any atom is -0.477 e. The van der Waals surface area contributed by atoms with Crippen molar-refractivity contribution in [1.82, 2.24) is 29.7 Å². The second kappa shape index (κ2) is 11.0. The van der Waals surface area contributed by atoms with E-state index in [2.05, 4.69) is 26.3 Å². The molecule has 0 saturated carbocycles. The topological polar surface area (TPSA) is 118 Å². The van der Waals surface area contributed by atoms with Gasteiger partial charge in [0, 0.05) is 42.0 Å². The molecule has 0 unspecified atom stereocenters. The van der Waals surface area contributed by atoms with E-state index in [9.17, 15) is 10.1 Å². The van der Waals surface area contributed by atoms with E-state index in [1.807, 2.05) is 25.3 Å². The second-order valence-corrected chi connectivity index (χ2v) is 9.36. The number of nitrogens with zero attached hydrogens (tertiary/aromatic N) is 6. The summed E-state index contributed by atoms with van der Waals surface area (Å²) < 4.78 is 13.1. The Labute approximate surface area is 210 Å². The van der Waals surface area contributed by atoms with Crippen molar-refractivity contribution >= 4 is 16.9 Å². The van der Waals surface area contributed by atoms with Crippen LogP contribution in [0.4, 0.5) is 0 Å². The first kappa shape index (κ1) is 24.2. The highest BCUT2D eigenvalue weighted by molar-refractivity contribution is 5.92. The van der Waals surface area contributed by atoms with Gasteiger partial charge < -0.3 is 24.3 Å². The molecule has 2 saturated heterocycles. The van der Waals surface area contributed by atoms with Crippen LogP contribution in [0, 0.1) is 24.2 Å². The quantitative estimate of drug-likeness (QED) is 0.537. The monoisotopic (exact) mass is 489 g/mol. The Balaban J connectivity index is 1.35. The van der Waals surface area contributed by atoms with E-state index >= 15 is 0 Å². The Morgan fingerprint density at radius 1 is 1.28 bits per heavy atom. The average Bonchev–Trinajstić information content (AvgIpc) is 3.32. The maximum atomic E-state index is 12.8. The molecule has 0 aliphatic carbocycles. The van der Waals surface area contributed by atoms with E-state index in [-0.39, 0.29) is 18.3 Å². The molecule has 0 spiro atoms. The Hall–Kier alpha value is -3.55. The van der Waals surface area contributed by atoms with Crippen molar-refractivity contribution in [2.24, 2.45) is 5.92 Å². The van der Waals surface area contributed by atoms with E-state index in [1.165, 1.54) is 12.8 Å².